The van der Waals surface area contributed by atoms with Crippen LogP contribution in [-0.2, 0) is 9.53 Å². The van der Waals surface area contributed by atoms with Crippen LogP contribution >= 0.6 is 0 Å². The minimum atomic E-state index is -0.561. The Labute approximate surface area is 111 Å². The van der Waals surface area contributed by atoms with Crippen LogP contribution < -0.4 is 11.1 Å². The summed E-state index contributed by atoms with van der Waals surface area (Å²) in [5.74, 6) is -0.422. The van der Waals surface area contributed by atoms with Crippen LogP contribution in [0.2, 0.25) is 0 Å². The van der Waals surface area contributed by atoms with Crippen molar-refractivity contribution >= 4 is 16.8 Å². The number of pyridine rings is 1. The first-order valence-corrected chi connectivity index (χ1v) is 6.09. The standard InChI is InChI=1S/C14H17N3O2/c1-19-9-8-17-13(14(15)18)11-6-2-4-10-5-3-7-16-12(10)11/h2-7,13,17H,8-9H2,1H3,(H2,15,18). The van der Waals surface area contributed by atoms with E-state index >= 15 is 0 Å². The lowest BCUT2D eigenvalue weighted by molar-refractivity contribution is -0.120. The topological polar surface area (TPSA) is 77.2 Å². The Balaban J connectivity index is 2.36. The van der Waals surface area contributed by atoms with Crippen LogP contribution in [0.5, 0.6) is 0 Å². The van der Waals surface area contributed by atoms with Gasteiger partial charge in [-0.3, -0.25) is 15.1 Å². The number of amides is 1. The average molecular weight is 259 g/mol. The maximum absolute atomic E-state index is 11.6. The average Bonchev–Trinajstić information content (AvgIpc) is 2.43. The van der Waals surface area contributed by atoms with Gasteiger partial charge in [0.2, 0.25) is 5.91 Å². The van der Waals surface area contributed by atoms with Gasteiger partial charge in [-0.05, 0) is 6.07 Å². The highest BCUT2D eigenvalue weighted by Crippen LogP contribution is 2.22. The summed E-state index contributed by atoms with van der Waals surface area (Å²) in [6.07, 6.45) is 1.71. The fourth-order valence-electron chi connectivity index (χ4n) is 2.03. The number of benzene rings is 1. The molecule has 1 aromatic carbocycles. The predicted octanol–water partition coefficient (Wildman–Crippen LogP) is 0.997. The van der Waals surface area contributed by atoms with Crippen LogP contribution in [0, 0.1) is 0 Å². The molecule has 2 rings (SSSR count). The fraction of sp³-hybridized carbons (Fsp3) is 0.286. The van der Waals surface area contributed by atoms with Gasteiger partial charge in [0.05, 0.1) is 12.1 Å². The van der Waals surface area contributed by atoms with Crippen molar-refractivity contribution in [2.24, 2.45) is 5.73 Å². The number of fused-ring (bicyclic) bond motifs is 1. The molecule has 5 nitrogen and oxygen atoms in total. The second-order valence-corrected chi connectivity index (χ2v) is 4.20. The van der Waals surface area contributed by atoms with Crippen LogP contribution in [0.1, 0.15) is 11.6 Å². The summed E-state index contributed by atoms with van der Waals surface area (Å²) >= 11 is 0. The molecule has 2 aromatic rings. The molecule has 0 bridgehead atoms. The van der Waals surface area contributed by atoms with Gasteiger partial charge >= 0.3 is 0 Å². The molecule has 100 valence electrons. The molecule has 0 aliphatic heterocycles. The van der Waals surface area contributed by atoms with Crippen LogP contribution in [0.4, 0.5) is 0 Å². The molecule has 3 N–H and O–H groups in total. The zero-order valence-corrected chi connectivity index (χ0v) is 10.8. The molecule has 1 heterocycles. The lowest BCUT2D eigenvalue weighted by Crippen LogP contribution is -2.35. The minimum absolute atomic E-state index is 0.422. The number of rotatable bonds is 6. The summed E-state index contributed by atoms with van der Waals surface area (Å²) in [5, 5.41) is 4.07. The highest BCUT2D eigenvalue weighted by Gasteiger charge is 2.19. The molecule has 0 fully saturated rings. The number of ether oxygens (including phenoxy) is 1. The van der Waals surface area contributed by atoms with E-state index in [9.17, 15) is 4.79 Å². The maximum atomic E-state index is 11.6. The number of para-hydroxylation sites is 1. The summed E-state index contributed by atoms with van der Waals surface area (Å²) < 4.78 is 4.97. The van der Waals surface area contributed by atoms with E-state index in [0.717, 1.165) is 16.5 Å². The molecule has 0 saturated heterocycles. The van der Waals surface area contributed by atoms with Crippen molar-refractivity contribution in [1.29, 1.82) is 0 Å². The van der Waals surface area contributed by atoms with Crippen molar-refractivity contribution < 1.29 is 9.53 Å². The molecule has 0 aliphatic carbocycles. The van der Waals surface area contributed by atoms with Crippen molar-refractivity contribution in [3.8, 4) is 0 Å². The third kappa shape index (κ3) is 3.07. The number of nitrogens with zero attached hydrogens (tertiary/aromatic N) is 1. The first-order chi connectivity index (χ1) is 9.24. The molecule has 0 spiro atoms. The van der Waals surface area contributed by atoms with E-state index < -0.39 is 11.9 Å². The summed E-state index contributed by atoms with van der Waals surface area (Å²) in [4.78, 5) is 16.0. The maximum Gasteiger partial charge on any atom is 0.239 e. The molecule has 0 saturated carbocycles. The minimum Gasteiger partial charge on any atom is -0.383 e. The van der Waals surface area contributed by atoms with Crippen molar-refractivity contribution in [1.82, 2.24) is 10.3 Å². The summed E-state index contributed by atoms with van der Waals surface area (Å²) in [5.41, 5.74) is 7.06. The van der Waals surface area contributed by atoms with E-state index in [1.54, 1.807) is 13.3 Å². The van der Waals surface area contributed by atoms with Crippen LogP contribution in [0.3, 0.4) is 0 Å². The number of aromatic nitrogens is 1. The number of hydrogen-bond donors (Lipinski definition) is 2. The van der Waals surface area contributed by atoms with E-state index in [4.69, 9.17) is 10.5 Å². The number of nitrogens with two attached hydrogens (primary N) is 1. The van der Waals surface area contributed by atoms with Gasteiger partial charge in [-0.2, -0.15) is 0 Å². The Morgan fingerprint density at radius 2 is 2.21 bits per heavy atom. The van der Waals surface area contributed by atoms with Crippen molar-refractivity contribution in [3.05, 3.63) is 42.1 Å². The number of carbonyl (C=O) groups is 1. The molecular formula is C14H17N3O2. The molecule has 0 aliphatic rings. The SMILES string of the molecule is COCCNC(C(N)=O)c1cccc2cccnc12. The highest BCUT2D eigenvalue weighted by atomic mass is 16.5. The second-order valence-electron chi connectivity index (χ2n) is 4.20. The Kier molecular flexibility index (Phi) is 4.43. The van der Waals surface area contributed by atoms with Gasteiger partial charge in [-0.25, -0.2) is 0 Å². The number of nitrogens with one attached hydrogen (secondary N) is 1. The Hall–Kier alpha value is -1.98. The van der Waals surface area contributed by atoms with Gasteiger partial charge in [0.25, 0.3) is 0 Å². The third-order valence-electron chi connectivity index (χ3n) is 2.91. The number of methoxy groups -OCH3 is 1. The van der Waals surface area contributed by atoms with Crippen molar-refractivity contribution in [3.63, 3.8) is 0 Å². The highest BCUT2D eigenvalue weighted by molar-refractivity contribution is 5.89. The zero-order valence-electron chi connectivity index (χ0n) is 10.8. The van der Waals surface area contributed by atoms with E-state index in [-0.39, 0.29) is 0 Å². The van der Waals surface area contributed by atoms with Gasteiger partial charge in [0.1, 0.15) is 6.04 Å². The van der Waals surface area contributed by atoms with Crippen LogP contribution in [0.25, 0.3) is 10.9 Å². The fourth-order valence-corrected chi connectivity index (χ4v) is 2.03. The van der Waals surface area contributed by atoms with E-state index in [1.807, 2.05) is 30.3 Å². The van der Waals surface area contributed by atoms with Gasteiger partial charge < -0.3 is 10.5 Å². The molecule has 1 amide bonds. The van der Waals surface area contributed by atoms with Gasteiger partial charge in [0, 0.05) is 30.8 Å². The Morgan fingerprint density at radius 1 is 1.42 bits per heavy atom. The van der Waals surface area contributed by atoms with Crippen LogP contribution in [0.15, 0.2) is 36.5 Å². The number of primary amides is 1. The van der Waals surface area contributed by atoms with Crippen molar-refractivity contribution in [2.45, 2.75) is 6.04 Å². The monoisotopic (exact) mass is 259 g/mol. The third-order valence-corrected chi connectivity index (χ3v) is 2.91. The normalized spacial score (nSPS) is 12.5. The van der Waals surface area contributed by atoms with Crippen molar-refractivity contribution in [2.75, 3.05) is 20.3 Å². The Morgan fingerprint density at radius 3 is 2.95 bits per heavy atom. The second kappa shape index (κ2) is 6.26. The number of hydrogen-bond acceptors (Lipinski definition) is 4. The summed E-state index contributed by atoms with van der Waals surface area (Å²) in [6, 6.07) is 8.98. The van der Waals surface area contributed by atoms with E-state index in [1.165, 1.54) is 0 Å². The Bertz CT molecular complexity index is 566. The molecular weight excluding hydrogens is 242 g/mol. The first-order valence-electron chi connectivity index (χ1n) is 6.09. The predicted molar refractivity (Wildman–Crippen MR) is 73.6 cm³/mol. The van der Waals surface area contributed by atoms with Gasteiger partial charge in [-0.1, -0.05) is 24.3 Å². The lowest BCUT2D eigenvalue weighted by atomic mass is 10.0. The molecule has 0 radical (unpaired) electrons. The first kappa shape index (κ1) is 13.5. The smallest absolute Gasteiger partial charge is 0.239 e. The molecule has 5 heteroatoms. The molecule has 1 atom stereocenters. The van der Waals surface area contributed by atoms with E-state index in [2.05, 4.69) is 10.3 Å². The van der Waals surface area contributed by atoms with Crippen LogP contribution in [-0.4, -0.2) is 31.2 Å². The van der Waals surface area contributed by atoms with Gasteiger partial charge in [-0.15, -0.1) is 0 Å². The summed E-state index contributed by atoms with van der Waals surface area (Å²) in [7, 11) is 1.61. The lowest BCUT2D eigenvalue weighted by Gasteiger charge is -2.17. The largest absolute Gasteiger partial charge is 0.383 e. The summed E-state index contributed by atoms with van der Waals surface area (Å²) in [6.45, 7) is 1.06. The zero-order chi connectivity index (χ0) is 13.7. The molecule has 19 heavy (non-hydrogen) atoms. The number of carbonyl (C=O) groups excluding carboxylic acids is 1. The van der Waals surface area contributed by atoms with Gasteiger partial charge in [0.15, 0.2) is 0 Å². The van der Waals surface area contributed by atoms with E-state index in [0.29, 0.717) is 13.2 Å². The molecule has 1 aromatic heterocycles. The molecule has 1 unspecified atom stereocenters. The quantitative estimate of drug-likeness (QED) is 0.759.